The van der Waals surface area contributed by atoms with Gasteiger partial charge in [-0.2, -0.15) is 11.8 Å². The van der Waals surface area contributed by atoms with Gasteiger partial charge in [0.1, 0.15) is 0 Å². The van der Waals surface area contributed by atoms with Gasteiger partial charge in [0.05, 0.1) is 0 Å². The Labute approximate surface area is 122 Å². The molecule has 106 valence electrons. The second kappa shape index (κ2) is 7.35. The lowest BCUT2D eigenvalue weighted by Crippen LogP contribution is -2.19. The Morgan fingerprint density at radius 3 is 2.37 bits per heavy atom. The van der Waals surface area contributed by atoms with E-state index in [1.165, 1.54) is 53.9 Å². The van der Waals surface area contributed by atoms with Gasteiger partial charge in [0, 0.05) is 11.8 Å². The van der Waals surface area contributed by atoms with Crippen LogP contribution in [0.3, 0.4) is 0 Å². The largest absolute Gasteiger partial charge is 0.312 e. The predicted octanol–water partition coefficient (Wildman–Crippen LogP) is 4.49. The van der Waals surface area contributed by atoms with Gasteiger partial charge in [-0.25, -0.2) is 0 Å². The average Bonchev–Trinajstić information content (AvgIpc) is 2.86. The molecule has 1 N–H and O–H groups in total. The molecule has 1 atom stereocenters. The van der Waals surface area contributed by atoms with Gasteiger partial charge in [-0.3, -0.25) is 0 Å². The van der Waals surface area contributed by atoms with Crippen LogP contribution in [0.5, 0.6) is 0 Å². The maximum Gasteiger partial charge on any atom is 0.0409 e. The molecular weight excluding hydrogens is 250 g/mol. The first-order valence-electron chi connectivity index (χ1n) is 7.52. The number of rotatable bonds is 6. The molecule has 2 heteroatoms. The van der Waals surface area contributed by atoms with Crippen LogP contribution in [0.1, 0.15) is 48.4 Å². The molecule has 0 spiro atoms. The Morgan fingerprint density at radius 1 is 1.16 bits per heavy atom. The topological polar surface area (TPSA) is 12.0 Å². The van der Waals surface area contributed by atoms with Crippen LogP contribution < -0.4 is 5.32 Å². The normalized spacial score (nSPS) is 17.8. The summed E-state index contributed by atoms with van der Waals surface area (Å²) in [7, 11) is 2.08. The molecule has 1 saturated carbocycles. The fourth-order valence-electron chi connectivity index (χ4n) is 3.09. The first kappa shape index (κ1) is 14.9. The molecule has 0 radical (unpaired) electrons. The van der Waals surface area contributed by atoms with E-state index in [2.05, 4.69) is 56.2 Å². The summed E-state index contributed by atoms with van der Waals surface area (Å²) in [5, 5.41) is 3.48. The van der Waals surface area contributed by atoms with Crippen molar-refractivity contribution in [2.24, 2.45) is 5.92 Å². The van der Waals surface area contributed by atoms with Crippen molar-refractivity contribution in [1.29, 1.82) is 0 Å². The molecule has 0 aliphatic heterocycles. The summed E-state index contributed by atoms with van der Waals surface area (Å²) in [6.45, 7) is 4.38. The number of aryl methyl sites for hydroxylation is 2. The molecule has 0 aromatic heterocycles. The summed E-state index contributed by atoms with van der Waals surface area (Å²) in [5.41, 5.74) is 4.19. The van der Waals surface area contributed by atoms with E-state index in [1.54, 1.807) is 0 Å². The molecule has 1 aromatic rings. The number of thioether (sulfide) groups is 1. The summed E-state index contributed by atoms with van der Waals surface area (Å²) in [4.78, 5) is 0. The van der Waals surface area contributed by atoms with Crippen molar-refractivity contribution < 1.29 is 0 Å². The van der Waals surface area contributed by atoms with Gasteiger partial charge >= 0.3 is 0 Å². The van der Waals surface area contributed by atoms with Crippen molar-refractivity contribution in [3.05, 3.63) is 34.9 Å². The van der Waals surface area contributed by atoms with Gasteiger partial charge in [0.15, 0.2) is 0 Å². The van der Waals surface area contributed by atoms with Crippen molar-refractivity contribution >= 4 is 11.8 Å². The minimum absolute atomic E-state index is 0.491. The number of hydrogen-bond donors (Lipinski definition) is 1. The Hall–Kier alpha value is -0.470. The van der Waals surface area contributed by atoms with Crippen LogP contribution in [-0.2, 0) is 0 Å². The molecule has 1 unspecified atom stereocenters. The maximum atomic E-state index is 3.48. The summed E-state index contributed by atoms with van der Waals surface area (Å²) in [5.74, 6) is 3.53. The van der Waals surface area contributed by atoms with Crippen molar-refractivity contribution in [2.75, 3.05) is 18.6 Å². The highest BCUT2D eigenvalue weighted by Gasteiger charge is 2.16. The third-order valence-electron chi connectivity index (χ3n) is 4.11. The molecule has 0 saturated heterocycles. The van der Waals surface area contributed by atoms with E-state index in [4.69, 9.17) is 0 Å². The van der Waals surface area contributed by atoms with Crippen molar-refractivity contribution in [3.63, 3.8) is 0 Å². The minimum Gasteiger partial charge on any atom is -0.312 e. The van der Waals surface area contributed by atoms with Crippen molar-refractivity contribution in [1.82, 2.24) is 5.32 Å². The van der Waals surface area contributed by atoms with Gasteiger partial charge in [-0.15, -0.1) is 0 Å². The smallest absolute Gasteiger partial charge is 0.0409 e. The Kier molecular flexibility index (Phi) is 5.77. The van der Waals surface area contributed by atoms with Crippen LogP contribution in [0.15, 0.2) is 18.2 Å². The van der Waals surface area contributed by atoms with E-state index < -0.39 is 0 Å². The molecule has 1 nitrogen and oxygen atoms in total. The summed E-state index contributed by atoms with van der Waals surface area (Å²) >= 11 is 2.13. The Balaban J connectivity index is 1.87. The average molecular weight is 277 g/mol. The summed E-state index contributed by atoms with van der Waals surface area (Å²) < 4.78 is 0. The second-order valence-corrected chi connectivity index (χ2v) is 7.03. The van der Waals surface area contributed by atoms with E-state index in [1.807, 2.05) is 0 Å². The van der Waals surface area contributed by atoms with E-state index in [-0.39, 0.29) is 0 Å². The maximum absolute atomic E-state index is 3.48. The third kappa shape index (κ3) is 4.54. The lowest BCUT2D eigenvalue weighted by Gasteiger charge is -2.18. The van der Waals surface area contributed by atoms with E-state index >= 15 is 0 Å². The fourth-order valence-corrected chi connectivity index (χ4v) is 4.48. The zero-order chi connectivity index (χ0) is 13.7. The molecule has 2 rings (SSSR count). The molecule has 0 amide bonds. The van der Waals surface area contributed by atoms with E-state index in [0.717, 1.165) is 5.92 Å². The molecule has 19 heavy (non-hydrogen) atoms. The quantitative estimate of drug-likeness (QED) is 0.822. The SMILES string of the molecule is CNC(CSCC1CCCC1)c1cc(C)cc(C)c1. The Morgan fingerprint density at radius 2 is 1.79 bits per heavy atom. The summed E-state index contributed by atoms with van der Waals surface area (Å²) in [6.07, 6.45) is 5.83. The summed E-state index contributed by atoms with van der Waals surface area (Å²) in [6, 6.07) is 7.39. The van der Waals surface area contributed by atoms with E-state index in [9.17, 15) is 0 Å². The molecule has 0 bridgehead atoms. The third-order valence-corrected chi connectivity index (χ3v) is 5.38. The molecule has 1 aliphatic rings. The highest BCUT2D eigenvalue weighted by atomic mass is 32.2. The molecule has 1 aromatic carbocycles. The molecular formula is C17H27NS. The highest BCUT2D eigenvalue weighted by molar-refractivity contribution is 7.99. The van der Waals surface area contributed by atoms with Crippen LogP contribution >= 0.6 is 11.8 Å². The lowest BCUT2D eigenvalue weighted by atomic mass is 10.0. The first-order chi connectivity index (χ1) is 9.19. The lowest BCUT2D eigenvalue weighted by molar-refractivity contribution is 0.618. The molecule has 1 fully saturated rings. The zero-order valence-electron chi connectivity index (χ0n) is 12.5. The monoisotopic (exact) mass is 277 g/mol. The molecule has 0 heterocycles. The number of benzene rings is 1. The minimum atomic E-state index is 0.491. The second-order valence-electron chi connectivity index (χ2n) is 5.95. The van der Waals surface area contributed by atoms with Crippen LogP contribution in [0, 0.1) is 19.8 Å². The van der Waals surface area contributed by atoms with Gasteiger partial charge in [-0.05, 0) is 51.0 Å². The van der Waals surface area contributed by atoms with Gasteiger partial charge < -0.3 is 5.32 Å². The highest BCUT2D eigenvalue weighted by Crippen LogP contribution is 2.29. The van der Waals surface area contributed by atoms with Crippen LogP contribution in [0.4, 0.5) is 0 Å². The zero-order valence-corrected chi connectivity index (χ0v) is 13.4. The van der Waals surface area contributed by atoms with Gasteiger partial charge in [0.2, 0.25) is 0 Å². The predicted molar refractivity (Wildman–Crippen MR) is 87.0 cm³/mol. The number of hydrogen-bond acceptors (Lipinski definition) is 2. The van der Waals surface area contributed by atoms with Crippen molar-refractivity contribution in [2.45, 2.75) is 45.6 Å². The van der Waals surface area contributed by atoms with Gasteiger partial charge in [-0.1, -0.05) is 42.2 Å². The fraction of sp³-hybridized carbons (Fsp3) is 0.647. The first-order valence-corrected chi connectivity index (χ1v) is 8.67. The Bertz CT molecular complexity index is 376. The van der Waals surface area contributed by atoms with Gasteiger partial charge in [0.25, 0.3) is 0 Å². The van der Waals surface area contributed by atoms with Crippen LogP contribution in [0.25, 0.3) is 0 Å². The number of nitrogens with one attached hydrogen (secondary N) is 1. The van der Waals surface area contributed by atoms with E-state index in [0.29, 0.717) is 6.04 Å². The standard InChI is InChI=1S/C17H27NS/c1-13-8-14(2)10-16(9-13)17(18-3)12-19-11-15-6-4-5-7-15/h8-10,15,17-18H,4-7,11-12H2,1-3H3. The van der Waals surface area contributed by atoms with Crippen LogP contribution in [0.2, 0.25) is 0 Å². The molecule has 1 aliphatic carbocycles. The van der Waals surface area contributed by atoms with Crippen LogP contribution in [-0.4, -0.2) is 18.6 Å². The van der Waals surface area contributed by atoms with Crippen molar-refractivity contribution in [3.8, 4) is 0 Å².